The van der Waals surface area contributed by atoms with E-state index in [0.29, 0.717) is 12.5 Å². The highest BCUT2D eigenvalue weighted by molar-refractivity contribution is 5.80. The SMILES string of the molecule is Cc1c([C@H]2OCC[C@@H]2C(=O)N(CC2CC2)CC2CC2)cnn1C. The van der Waals surface area contributed by atoms with E-state index in [0.717, 1.165) is 42.6 Å². The lowest BCUT2D eigenvalue weighted by atomic mass is 9.94. The molecule has 4 rings (SSSR count). The van der Waals surface area contributed by atoms with Gasteiger partial charge in [-0.1, -0.05) is 0 Å². The van der Waals surface area contributed by atoms with Crippen LogP contribution in [-0.2, 0) is 16.6 Å². The Morgan fingerprint density at radius 1 is 1.26 bits per heavy atom. The average Bonchev–Trinajstić information content (AvgIpc) is 3.45. The van der Waals surface area contributed by atoms with Crippen molar-refractivity contribution < 1.29 is 9.53 Å². The second kappa shape index (κ2) is 5.93. The van der Waals surface area contributed by atoms with E-state index in [1.54, 1.807) is 0 Å². The van der Waals surface area contributed by atoms with Gasteiger partial charge in [0.2, 0.25) is 5.91 Å². The Morgan fingerprint density at radius 3 is 2.43 bits per heavy atom. The summed E-state index contributed by atoms with van der Waals surface area (Å²) in [4.78, 5) is 15.4. The van der Waals surface area contributed by atoms with Crippen LogP contribution < -0.4 is 0 Å². The van der Waals surface area contributed by atoms with E-state index in [4.69, 9.17) is 4.74 Å². The van der Waals surface area contributed by atoms with Gasteiger partial charge in [0.05, 0.1) is 18.2 Å². The molecule has 0 radical (unpaired) electrons. The van der Waals surface area contributed by atoms with Crippen molar-refractivity contribution in [1.82, 2.24) is 14.7 Å². The predicted octanol–water partition coefficient (Wildman–Crippen LogP) is 2.45. The second-order valence-electron chi connectivity index (χ2n) is 7.63. The van der Waals surface area contributed by atoms with E-state index in [1.807, 2.05) is 17.9 Å². The van der Waals surface area contributed by atoms with Crippen molar-refractivity contribution in [3.05, 3.63) is 17.5 Å². The summed E-state index contributed by atoms with van der Waals surface area (Å²) in [6.07, 6.45) is 7.77. The molecule has 0 spiro atoms. The third-order valence-electron chi connectivity index (χ3n) is 5.65. The fourth-order valence-corrected chi connectivity index (χ4v) is 3.66. The van der Waals surface area contributed by atoms with E-state index in [9.17, 15) is 4.79 Å². The Kier molecular flexibility index (Phi) is 3.92. The number of ether oxygens (including phenoxy) is 1. The van der Waals surface area contributed by atoms with E-state index < -0.39 is 0 Å². The summed E-state index contributed by atoms with van der Waals surface area (Å²) < 4.78 is 7.82. The fourth-order valence-electron chi connectivity index (χ4n) is 3.66. The number of amides is 1. The van der Waals surface area contributed by atoms with Gasteiger partial charge in [-0.3, -0.25) is 9.48 Å². The minimum atomic E-state index is -0.114. The largest absolute Gasteiger partial charge is 0.373 e. The first-order valence-electron chi connectivity index (χ1n) is 9.02. The molecule has 1 saturated heterocycles. The molecule has 0 aromatic carbocycles. The number of aromatic nitrogens is 2. The van der Waals surface area contributed by atoms with E-state index >= 15 is 0 Å². The van der Waals surface area contributed by atoms with Gasteiger partial charge in [-0.15, -0.1) is 0 Å². The average molecular weight is 317 g/mol. The zero-order chi connectivity index (χ0) is 16.0. The maximum atomic E-state index is 13.2. The van der Waals surface area contributed by atoms with Gasteiger partial charge in [0.1, 0.15) is 0 Å². The van der Waals surface area contributed by atoms with Gasteiger partial charge in [0, 0.05) is 38.0 Å². The van der Waals surface area contributed by atoms with Crippen LogP contribution in [0.4, 0.5) is 0 Å². The molecule has 3 aliphatic rings. The minimum Gasteiger partial charge on any atom is -0.373 e. The zero-order valence-electron chi connectivity index (χ0n) is 14.2. The van der Waals surface area contributed by atoms with Crippen LogP contribution >= 0.6 is 0 Å². The van der Waals surface area contributed by atoms with Crippen LogP contribution in [0.1, 0.15) is 49.5 Å². The van der Waals surface area contributed by atoms with Crippen molar-refractivity contribution in [2.75, 3.05) is 19.7 Å². The van der Waals surface area contributed by atoms with Crippen LogP contribution in [0.25, 0.3) is 0 Å². The Bertz CT molecular complexity index is 575. The van der Waals surface area contributed by atoms with Crippen molar-refractivity contribution in [1.29, 1.82) is 0 Å². The zero-order valence-corrected chi connectivity index (χ0v) is 14.2. The number of rotatable bonds is 6. The molecular weight excluding hydrogens is 290 g/mol. The van der Waals surface area contributed by atoms with Gasteiger partial charge in [-0.25, -0.2) is 0 Å². The predicted molar refractivity (Wildman–Crippen MR) is 86.8 cm³/mol. The first-order valence-corrected chi connectivity index (χ1v) is 9.02. The number of hydrogen-bond acceptors (Lipinski definition) is 3. The number of nitrogens with zero attached hydrogens (tertiary/aromatic N) is 3. The van der Waals surface area contributed by atoms with Gasteiger partial charge < -0.3 is 9.64 Å². The molecule has 0 N–H and O–H groups in total. The molecule has 1 aromatic heterocycles. The van der Waals surface area contributed by atoms with Gasteiger partial charge in [0.25, 0.3) is 0 Å². The van der Waals surface area contributed by atoms with Crippen LogP contribution in [0.5, 0.6) is 0 Å². The first-order chi connectivity index (χ1) is 11.1. The molecule has 126 valence electrons. The van der Waals surface area contributed by atoms with Gasteiger partial charge in [-0.2, -0.15) is 5.10 Å². The Labute approximate surface area is 138 Å². The maximum Gasteiger partial charge on any atom is 0.228 e. The van der Waals surface area contributed by atoms with Crippen LogP contribution in [0, 0.1) is 24.7 Å². The van der Waals surface area contributed by atoms with Crippen molar-refractivity contribution in [3.63, 3.8) is 0 Å². The highest BCUT2D eigenvalue weighted by atomic mass is 16.5. The Balaban J connectivity index is 1.51. The molecule has 5 nitrogen and oxygen atoms in total. The van der Waals surface area contributed by atoms with Crippen LogP contribution in [-0.4, -0.2) is 40.3 Å². The molecule has 2 heterocycles. The Hall–Kier alpha value is -1.36. The van der Waals surface area contributed by atoms with E-state index in [2.05, 4.69) is 16.9 Å². The summed E-state index contributed by atoms with van der Waals surface area (Å²) in [7, 11) is 1.94. The maximum absolute atomic E-state index is 13.2. The number of carbonyl (C=O) groups is 1. The summed E-state index contributed by atoms with van der Waals surface area (Å²) >= 11 is 0. The van der Waals surface area contributed by atoms with Gasteiger partial charge in [-0.05, 0) is 50.9 Å². The van der Waals surface area contributed by atoms with Crippen molar-refractivity contribution in [3.8, 4) is 0 Å². The molecule has 2 saturated carbocycles. The standard InChI is InChI=1S/C18H27N3O2/c1-12-16(9-19-20(12)2)17-15(7-8-23-17)18(22)21(10-13-3-4-13)11-14-5-6-14/h9,13-15,17H,3-8,10-11H2,1-2H3/t15-,17-/m0/s1. The van der Waals surface area contributed by atoms with Crippen LogP contribution in [0.15, 0.2) is 6.20 Å². The summed E-state index contributed by atoms with van der Waals surface area (Å²) in [6.45, 7) is 4.66. The molecule has 0 bridgehead atoms. The van der Waals surface area contributed by atoms with Gasteiger partial charge in [0.15, 0.2) is 0 Å². The van der Waals surface area contributed by atoms with Crippen molar-refractivity contribution in [2.24, 2.45) is 24.8 Å². The molecule has 23 heavy (non-hydrogen) atoms. The van der Waals surface area contributed by atoms with Crippen molar-refractivity contribution in [2.45, 2.75) is 45.1 Å². The first kappa shape index (κ1) is 15.2. The quantitative estimate of drug-likeness (QED) is 0.810. The molecule has 5 heteroatoms. The molecule has 0 unspecified atom stereocenters. The lowest BCUT2D eigenvalue weighted by Gasteiger charge is -2.28. The summed E-state index contributed by atoms with van der Waals surface area (Å²) in [5, 5.41) is 4.33. The molecule has 1 aromatic rings. The van der Waals surface area contributed by atoms with Crippen LogP contribution in [0.3, 0.4) is 0 Å². The molecule has 2 aliphatic carbocycles. The number of aryl methyl sites for hydroxylation is 1. The van der Waals surface area contributed by atoms with Crippen molar-refractivity contribution >= 4 is 5.91 Å². The second-order valence-corrected chi connectivity index (χ2v) is 7.63. The highest BCUT2D eigenvalue weighted by Crippen LogP contribution is 2.39. The topological polar surface area (TPSA) is 47.4 Å². The summed E-state index contributed by atoms with van der Waals surface area (Å²) in [6, 6.07) is 0. The molecular formula is C18H27N3O2. The molecule has 2 atom stereocenters. The third kappa shape index (κ3) is 3.16. The molecule has 3 fully saturated rings. The highest BCUT2D eigenvalue weighted by Gasteiger charge is 2.41. The van der Waals surface area contributed by atoms with Crippen LogP contribution in [0.2, 0.25) is 0 Å². The lowest BCUT2D eigenvalue weighted by Crippen LogP contribution is -2.40. The fraction of sp³-hybridized carbons (Fsp3) is 0.778. The monoisotopic (exact) mass is 317 g/mol. The Morgan fingerprint density at radius 2 is 1.91 bits per heavy atom. The van der Waals surface area contributed by atoms with Gasteiger partial charge >= 0.3 is 0 Å². The normalized spacial score (nSPS) is 27.4. The lowest BCUT2D eigenvalue weighted by molar-refractivity contribution is -0.138. The number of carbonyl (C=O) groups excluding carboxylic acids is 1. The minimum absolute atomic E-state index is 0.0320. The summed E-state index contributed by atoms with van der Waals surface area (Å²) in [5.74, 6) is 1.78. The van der Waals surface area contributed by atoms with E-state index in [-0.39, 0.29) is 12.0 Å². The van der Waals surface area contributed by atoms with E-state index in [1.165, 1.54) is 25.7 Å². The third-order valence-corrected chi connectivity index (χ3v) is 5.65. The smallest absolute Gasteiger partial charge is 0.228 e. The molecule has 1 aliphatic heterocycles. The summed E-state index contributed by atoms with van der Waals surface area (Å²) in [5.41, 5.74) is 2.19. The molecule has 1 amide bonds. The number of hydrogen-bond donors (Lipinski definition) is 0.